The zero-order chi connectivity index (χ0) is 19.6. The highest BCUT2D eigenvalue weighted by molar-refractivity contribution is 8.27. The topological polar surface area (TPSA) is 43.8 Å². The number of aromatic hydroxyl groups is 1. The van der Waals surface area contributed by atoms with Crippen LogP contribution >= 0.6 is 35.6 Å². The number of carbonyl (C=O) groups is 1. The molecule has 4 nitrogen and oxygen atoms in total. The molecule has 0 saturated carbocycles. The lowest BCUT2D eigenvalue weighted by molar-refractivity contribution is -0.113. The number of phenols is 1. The van der Waals surface area contributed by atoms with Crippen molar-refractivity contribution >= 4 is 63.3 Å². The summed E-state index contributed by atoms with van der Waals surface area (Å²) in [5.74, 6) is -0.0908. The van der Waals surface area contributed by atoms with E-state index in [1.165, 1.54) is 16.7 Å². The minimum Gasteiger partial charge on any atom is -0.507 e. The third kappa shape index (κ3) is 4.13. The second kappa shape index (κ2) is 8.33. The van der Waals surface area contributed by atoms with E-state index in [0.29, 0.717) is 25.5 Å². The monoisotopic (exact) mass is 418 g/mol. The second-order valence-electron chi connectivity index (χ2n) is 5.91. The average molecular weight is 419 g/mol. The van der Waals surface area contributed by atoms with Crippen LogP contribution in [-0.2, 0) is 4.79 Å². The molecule has 1 aliphatic heterocycles. The van der Waals surface area contributed by atoms with Crippen molar-refractivity contribution < 1.29 is 9.90 Å². The molecule has 1 aliphatic rings. The number of phenolic OH excluding ortho intramolecular Hbond substituents is 1. The van der Waals surface area contributed by atoms with Crippen LogP contribution in [-0.4, -0.2) is 28.4 Å². The fourth-order valence-corrected chi connectivity index (χ4v) is 4.36. The molecule has 0 atom stereocenters. The number of amides is 1. The third-order valence-electron chi connectivity index (χ3n) is 4.29. The summed E-state index contributed by atoms with van der Waals surface area (Å²) < 4.78 is 0.438. The predicted octanol–water partition coefficient (Wildman–Crippen LogP) is 5.30. The van der Waals surface area contributed by atoms with E-state index in [4.69, 9.17) is 23.8 Å². The Balaban J connectivity index is 1.90. The van der Waals surface area contributed by atoms with Crippen molar-refractivity contribution in [1.29, 1.82) is 0 Å². The van der Waals surface area contributed by atoms with Crippen LogP contribution in [0.1, 0.15) is 19.4 Å². The highest BCUT2D eigenvalue weighted by Crippen LogP contribution is 2.38. The van der Waals surface area contributed by atoms with Gasteiger partial charge >= 0.3 is 0 Å². The van der Waals surface area contributed by atoms with E-state index in [0.717, 1.165) is 18.8 Å². The first-order chi connectivity index (χ1) is 12.9. The minimum atomic E-state index is -0.223. The molecule has 1 saturated heterocycles. The van der Waals surface area contributed by atoms with Gasteiger partial charge in [0, 0.05) is 35.4 Å². The fourth-order valence-electron chi connectivity index (χ4n) is 2.89. The molecule has 2 aromatic carbocycles. The molecule has 1 fully saturated rings. The lowest BCUT2D eigenvalue weighted by Crippen LogP contribution is -2.27. The van der Waals surface area contributed by atoms with Crippen molar-refractivity contribution in [1.82, 2.24) is 0 Å². The third-order valence-corrected chi connectivity index (χ3v) is 5.83. The Kier molecular flexibility index (Phi) is 6.09. The lowest BCUT2D eigenvalue weighted by Gasteiger charge is -2.21. The molecule has 7 heteroatoms. The fraction of sp³-hybridized carbons (Fsp3) is 0.200. The normalized spacial score (nSPS) is 15.7. The van der Waals surface area contributed by atoms with E-state index in [1.807, 2.05) is 12.1 Å². The van der Waals surface area contributed by atoms with Crippen LogP contribution < -0.4 is 9.80 Å². The van der Waals surface area contributed by atoms with E-state index >= 15 is 0 Å². The Bertz CT molecular complexity index is 926. The summed E-state index contributed by atoms with van der Waals surface area (Å²) in [5, 5.41) is 10.9. The molecule has 1 N–H and O–H groups in total. The predicted molar refractivity (Wildman–Crippen MR) is 119 cm³/mol. The standard InChI is InChI=1S/C20H19ClN2O2S2/c1-3-22(4-2)15-9-8-13(17(24)12-15)10-18-19(25)23(20(26)27-18)16-7-5-6-14(21)11-16/h5-12,24H,3-4H2,1-2H3/b18-10+. The van der Waals surface area contributed by atoms with Crippen LogP contribution in [0, 0.1) is 0 Å². The van der Waals surface area contributed by atoms with Crippen molar-refractivity contribution in [3.63, 3.8) is 0 Å². The number of benzene rings is 2. The maximum absolute atomic E-state index is 12.8. The van der Waals surface area contributed by atoms with Gasteiger partial charge in [-0.05, 0) is 50.3 Å². The highest BCUT2D eigenvalue weighted by Gasteiger charge is 2.33. The molecule has 0 bridgehead atoms. The summed E-state index contributed by atoms with van der Waals surface area (Å²) in [5.41, 5.74) is 2.16. The summed E-state index contributed by atoms with van der Waals surface area (Å²) in [4.78, 5) is 16.9. The smallest absolute Gasteiger partial charge is 0.270 e. The van der Waals surface area contributed by atoms with Gasteiger partial charge in [0.25, 0.3) is 5.91 Å². The summed E-state index contributed by atoms with van der Waals surface area (Å²) >= 11 is 12.6. The first-order valence-corrected chi connectivity index (χ1v) is 10.2. The maximum atomic E-state index is 12.8. The Hall–Kier alpha value is -2.02. The summed E-state index contributed by atoms with van der Waals surface area (Å²) in [6, 6.07) is 12.5. The van der Waals surface area contributed by atoms with E-state index < -0.39 is 0 Å². The molecular formula is C20H19ClN2O2S2. The molecule has 0 spiro atoms. The van der Waals surface area contributed by atoms with E-state index in [1.54, 1.807) is 36.4 Å². The first kappa shape index (κ1) is 19.7. The maximum Gasteiger partial charge on any atom is 0.270 e. The van der Waals surface area contributed by atoms with Gasteiger partial charge < -0.3 is 10.0 Å². The number of rotatable bonds is 5. The van der Waals surface area contributed by atoms with Gasteiger partial charge in [0.1, 0.15) is 5.75 Å². The highest BCUT2D eigenvalue weighted by atomic mass is 35.5. The zero-order valence-corrected chi connectivity index (χ0v) is 17.4. The number of hydrogen-bond donors (Lipinski definition) is 1. The molecule has 3 rings (SSSR count). The molecule has 2 aromatic rings. The minimum absolute atomic E-state index is 0.132. The Morgan fingerprint density at radius 3 is 2.59 bits per heavy atom. The number of halogens is 1. The zero-order valence-electron chi connectivity index (χ0n) is 15.0. The molecule has 1 amide bonds. The number of carbonyl (C=O) groups excluding carboxylic acids is 1. The van der Waals surface area contributed by atoms with Crippen LogP contribution in [0.4, 0.5) is 11.4 Å². The van der Waals surface area contributed by atoms with Crippen LogP contribution in [0.15, 0.2) is 47.4 Å². The van der Waals surface area contributed by atoms with Crippen LogP contribution in [0.2, 0.25) is 5.02 Å². The summed E-state index contributed by atoms with van der Waals surface area (Å²) in [6.45, 7) is 5.84. The van der Waals surface area contributed by atoms with Crippen molar-refractivity contribution in [3.05, 3.63) is 58.0 Å². The quantitative estimate of drug-likeness (QED) is 0.527. The molecule has 140 valence electrons. The van der Waals surface area contributed by atoms with Crippen molar-refractivity contribution in [2.75, 3.05) is 22.9 Å². The molecule has 27 heavy (non-hydrogen) atoms. The SMILES string of the molecule is CCN(CC)c1ccc(/C=C2/SC(=S)N(c3cccc(Cl)c3)C2=O)c(O)c1. The molecular weight excluding hydrogens is 400 g/mol. The number of hydrogen-bond acceptors (Lipinski definition) is 5. The summed E-state index contributed by atoms with van der Waals surface area (Å²) in [6.07, 6.45) is 1.67. The Morgan fingerprint density at radius 1 is 1.22 bits per heavy atom. The van der Waals surface area contributed by atoms with Gasteiger partial charge in [0.15, 0.2) is 4.32 Å². The summed E-state index contributed by atoms with van der Waals surface area (Å²) in [7, 11) is 0. The van der Waals surface area contributed by atoms with Gasteiger partial charge in [-0.3, -0.25) is 9.69 Å². The van der Waals surface area contributed by atoms with Gasteiger partial charge in [-0.15, -0.1) is 0 Å². The van der Waals surface area contributed by atoms with E-state index in [9.17, 15) is 9.90 Å². The molecule has 1 heterocycles. The average Bonchev–Trinajstić information content (AvgIpc) is 2.91. The molecule has 0 unspecified atom stereocenters. The van der Waals surface area contributed by atoms with Gasteiger partial charge in [0.2, 0.25) is 0 Å². The van der Waals surface area contributed by atoms with E-state index in [2.05, 4.69) is 18.7 Å². The van der Waals surface area contributed by atoms with Gasteiger partial charge in [-0.1, -0.05) is 41.6 Å². The van der Waals surface area contributed by atoms with Crippen LogP contribution in [0.5, 0.6) is 5.75 Å². The molecule has 0 aromatic heterocycles. The molecule has 0 aliphatic carbocycles. The van der Waals surface area contributed by atoms with Gasteiger partial charge in [-0.25, -0.2) is 0 Å². The Labute approximate surface area is 173 Å². The first-order valence-electron chi connectivity index (χ1n) is 8.56. The Morgan fingerprint density at radius 2 is 1.96 bits per heavy atom. The number of thioether (sulfide) groups is 1. The van der Waals surface area contributed by atoms with E-state index in [-0.39, 0.29) is 11.7 Å². The molecule has 0 radical (unpaired) electrons. The van der Waals surface area contributed by atoms with Crippen molar-refractivity contribution in [2.24, 2.45) is 0 Å². The van der Waals surface area contributed by atoms with Crippen molar-refractivity contribution in [2.45, 2.75) is 13.8 Å². The number of anilines is 2. The largest absolute Gasteiger partial charge is 0.507 e. The lowest BCUT2D eigenvalue weighted by atomic mass is 10.1. The van der Waals surface area contributed by atoms with Crippen LogP contribution in [0.25, 0.3) is 6.08 Å². The number of nitrogens with zero attached hydrogens (tertiary/aromatic N) is 2. The second-order valence-corrected chi connectivity index (χ2v) is 8.02. The van der Waals surface area contributed by atoms with Gasteiger partial charge in [0.05, 0.1) is 10.6 Å². The van der Waals surface area contributed by atoms with Crippen molar-refractivity contribution in [3.8, 4) is 5.75 Å². The van der Waals surface area contributed by atoms with Gasteiger partial charge in [-0.2, -0.15) is 0 Å². The van der Waals surface area contributed by atoms with Crippen LogP contribution in [0.3, 0.4) is 0 Å². The number of thiocarbonyl (C=S) groups is 1.